The van der Waals surface area contributed by atoms with Gasteiger partial charge in [-0.2, -0.15) is 5.10 Å². The molecule has 1 heterocycles. The van der Waals surface area contributed by atoms with Crippen LogP contribution >= 0.6 is 0 Å². The Morgan fingerprint density at radius 2 is 2.00 bits per heavy atom. The number of amides is 2. The predicted octanol–water partition coefficient (Wildman–Crippen LogP) is 1.43. The van der Waals surface area contributed by atoms with E-state index in [4.69, 9.17) is 9.47 Å². The first-order valence-corrected chi connectivity index (χ1v) is 7.37. The number of halogens is 1. The Hall–Kier alpha value is -3.42. The molecule has 3 rings (SSSR count). The molecule has 2 amide bonds. The van der Waals surface area contributed by atoms with Crippen LogP contribution in [0, 0.1) is 5.82 Å². The second-order valence-electron chi connectivity index (χ2n) is 5.10. The molecule has 2 aromatic carbocycles. The third-order valence-electron chi connectivity index (χ3n) is 3.30. The van der Waals surface area contributed by atoms with Crippen molar-refractivity contribution in [2.75, 3.05) is 13.3 Å². The van der Waals surface area contributed by atoms with Gasteiger partial charge in [0.15, 0.2) is 11.5 Å². The van der Waals surface area contributed by atoms with E-state index in [0.29, 0.717) is 17.1 Å². The quantitative estimate of drug-likeness (QED) is 0.635. The summed E-state index contributed by atoms with van der Waals surface area (Å²) in [6.07, 6.45) is 1.44. The van der Waals surface area contributed by atoms with E-state index in [2.05, 4.69) is 15.8 Å². The van der Waals surface area contributed by atoms with Crippen LogP contribution in [0.15, 0.2) is 47.6 Å². The fourth-order valence-electron chi connectivity index (χ4n) is 2.10. The average molecular weight is 343 g/mol. The van der Waals surface area contributed by atoms with Gasteiger partial charge in [0.05, 0.1) is 12.8 Å². The van der Waals surface area contributed by atoms with Crippen molar-refractivity contribution in [2.24, 2.45) is 5.10 Å². The zero-order chi connectivity index (χ0) is 17.6. The fraction of sp³-hybridized carbons (Fsp3) is 0.118. The molecule has 0 saturated carbocycles. The lowest BCUT2D eigenvalue weighted by atomic mass is 10.2. The molecule has 7 nitrogen and oxygen atoms in total. The molecule has 0 bridgehead atoms. The summed E-state index contributed by atoms with van der Waals surface area (Å²) in [7, 11) is 0. The number of nitrogens with one attached hydrogen (secondary N) is 2. The van der Waals surface area contributed by atoms with E-state index in [1.807, 2.05) is 0 Å². The third kappa shape index (κ3) is 4.31. The zero-order valence-electron chi connectivity index (χ0n) is 13.0. The molecule has 0 spiro atoms. The number of benzene rings is 2. The minimum absolute atomic E-state index is 0.136. The van der Waals surface area contributed by atoms with Crippen LogP contribution in [0.3, 0.4) is 0 Å². The molecule has 0 saturated heterocycles. The van der Waals surface area contributed by atoms with Crippen LogP contribution in [-0.4, -0.2) is 31.4 Å². The molecular formula is C17H14FN3O4. The lowest BCUT2D eigenvalue weighted by Gasteiger charge is -2.04. The van der Waals surface area contributed by atoms with Crippen molar-refractivity contribution in [1.82, 2.24) is 10.7 Å². The fourth-order valence-corrected chi connectivity index (χ4v) is 2.10. The van der Waals surface area contributed by atoms with E-state index < -0.39 is 17.6 Å². The third-order valence-corrected chi connectivity index (χ3v) is 3.30. The van der Waals surface area contributed by atoms with Crippen LogP contribution < -0.4 is 20.2 Å². The number of carbonyl (C=O) groups is 2. The molecule has 1 aliphatic rings. The molecule has 1 aliphatic heterocycles. The van der Waals surface area contributed by atoms with E-state index >= 15 is 0 Å². The Kier molecular flexibility index (Phi) is 4.89. The number of ether oxygens (including phenoxy) is 2. The second-order valence-corrected chi connectivity index (χ2v) is 5.10. The largest absolute Gasteiger partial charge is 0.454 e. The highest BCUT2D eigenvalue weighted by Gasteiger charge is 2.12. The molecule has 0 aromatic heterocycles. The molecule has 128 valence electrons. The normalized spacial score (nSPS) is 12.2. The number of hydrazone groups is 1. The van der Waals surface area contributed by atoms with Gasteiger partial charge in [0.2, 0.25) is 6.79 Å². The van der Waals surface area contributed by atoms with E-state index in [0.717, 1.165) is 6.07 Å². The summed E-state index contributed by atoms with van der Waals surface area (Å²) in [6.45, 7) is -0.106. The Morgan fingerprint density at radius 1 is 1.16 bits per heavy atom. The molecule has 25 heavy (non-hydrogen) atoms. The molecular weight excluding hydrogens is 329 g/mol. The number of rotatable bonds is 5. The van der Waals surface area contributed by atoms with Crippen molar-refractivity contribution in [3.63, 3.8) is 0 Å². The van der Waals surface area contributed by atoms with Gasteiger partial charge in [-0.05, 0) is 42.0 Å². The van der Waals surface area contributed by atoms with Crippen LogP contribution in [0.25, 0.3) is 0 Å². The minimum atomic E-state index is -0.547. The Balaban J connectivity index is 1.47. The van der Waals surface area contributed by atoms with Gasteiger partial charge in [-0.3, -0.25) is 9.59 Å². The van der Waals surface area contributed by atoms with Gasteiger partial charge < -0.3 is 14.8 Å². The summed E-state index contributed by atoms with van der Waals surface area (Å²) in [5, 5.41) is 6.18. The number of hydrogen-bond acceptors (Lipinski definition) is 5. The van der Waals surface area contributed by atoms with Gasteiger partial charge in [-0.1, -0.05) is 6.07 Å². The van der Waals surface area contributed by atoms with Crippen LogP contribution in [0.5, 0.6) is 11.5 Å². The molecule has 0 radical (unpaired) electrons. The Morgan fingerprint density at radius 3 is 2.84 bits per heavy atom. The van der Waals surface area contributed by atoms with Crippen LogP contribution in [0.4, 0.5) is 4.39 Å². The van der Waals surface area contributed by atoms with Crippen molar-refractivity contribution in [3.8, 4) is 11.5 Å². The SMILES string of the molecule is O=C(CNC(=O)c1cccc(F)c1)NN=Cc1ccc2c(c1)OCO2. The number of nitrogens with zero attached hydrogens (tertiary/aromatic N) is 1. The summed E-state index contributed by atoms with van der Waals surface area (Å²) < 4.78 is 23.5. The summed E-state index contributed by atoms with van der Waals surface area (Å²) in [6, 6.07) is 10.4. The van der Waals surface area contributed by atoms with Crippen molar-refractivity contribution >= 4 is 18.0 Å². The minimum Gasteiger partial charge on any atom is -0.454 e. The first-order valence-electron chi connectivity index (χ1n) is 7.37. The van der Waals surface area contributed by atoms with Gasteiger partial charge in [-0.15, -0.1) is 0 Å². The highest BCUT2D eigenvalue weighted by atomic mass is 19.1. The maximum atomic E-state index is 13.0. The second kappa shape index (κ2) is 7.43. The Labute approximate surface area is 142 Å². The van der Waals surface area contributed by atoms with Gasteiger partial charge in [0.25, 0.3) is 11.8 Å². The van der Waals surface area contributed by atoms with E-state index in [1.165, 1.54) is 24.4 Å². The monoisotopic (exact) mass is 343 g/mol. The van der Waals surface area contributed by atoms with E-state index in [9.17, 15) is 14.0 Å². The smallest absolute Gasteiger partial charge is 0.259 e. The highest BCUT2D eigenvalue weighted by molar-refractivity contribution is 5.96. The highest BCUT2D eigenvalue weighted by Crippen LogP contribution is 2.31. The molecule has 0 unspecified atom stereocenters. The maximum Gasteiger partial charge on any atom is 0.259 e. The molecule has 0 atom stereocenters. The summed E-state index contributed by atoms with van der Waals surface area (Å²) in [4.78, 5) is 23.4. The number of carbonyl (C=O) groups excluding carboxylic acids is 2. The van der Waals surface area contributed by atoms with Crippen molar-refractivity contribution in [1.29, 1.82) is 0 Å². The topological polar surface area (TPSA) is 89.0 Å². The van der Waals surface area contributed by atoms with E-state index in [1.54, 1.807) is 18.2 Å². The van der Waals surface area contributed by atoms with Gasteiger partial charge in [-0.25, -0.2) is 9.82 Å². The summed E-state index contributed by atoms with van der Waals surface area (Å²) in [5.74, 6) is -0.319. The van der Waals surface area contributed by atoms with E-state index in [-0.39, 0.29) is 18.9 Å². The lowest BCUT2D eigenvalue weighted by Crippen LogP contribution is -2.34. The summed E-state index contributed by atoms with van der Waals surface area (Å²) in [5.41, 5.74) is 3.14. The summed E-state index contributed by atoms with van der Waals surface area (Å²) >= 11 is 0. The molecule has 8 heteroatoms. The standard InChI is InChI=1S/C17H14FN3O4/c18-13-3-1-2-12(7-13)17(23)19-9-16(22)21-20-8-11-4-5-14-15(6-11)25-10-24-14/h1-8H,9-10H2,(H,19,23)(H,21,22). The molecule has 2 N–H and O–H groups in total. The first-order chi connectivity index (χ1) is 12.1. The lowest BCUT2D eigenvalue weighted by molar-refractivity contribution is -0.120. The van der Waals surface area contributed by atoms with Crippen molar-refractivity contribution < 1.29 is 23.5 Å². The zero-order valence-corrected chi connectivity index (χ0v) is 13.0. The molecule has 0 aliphatic carbocycles. The van der Waals surface area contributed by atoms with Crippen LogP contribution in [0.2, 0.25) is 0 Å². The van der Waals surface area contributed by atoms with Crippen LogP contribution in [0.1, 0.15) is 15.9 Å². The molecule has 2 aromatic rings. The van der Waals surface area contributed by atoms with Crippen molar-refractivity contribution in [3.05, 3.63) is 59.4 Å². The van der Waals surface area contributed by atoms with Gasteiger partial charge in [0, 0.05) is 5.56 Å². The van der Waals surface area contributed by atoms with Gasteiger partial charge in [0.1, 0.15) is 5.82 Å². The van der Waals surface area contributed by atoms with Crippen LogP contribution in [-0.2, 0) is 4.79 Å². The first kappa shape index (κ1) is 16.4. The average Bonchev–Trinajstić information content (AvgIpc) is 3.07. The predicted molar refractivity (Wildman–Crippen MR) is 87.0 cm³/mol. The Bertz CT molecular complexity index is 838. The van der Waals surface area contributed by atoms with Gasteiger partial charge >= 0.3 is 0 Å². The van der Waals surface area contributed by atoms with Crippen molar-refractivity contribution in [2.45, 2.75) is 0 Å². The maximum absolute atomic E-state index is 13.0. The number of fused-ring (bicyclic) bond motifs is 1. The molecule has 0 fully saturated rings. The number of hydrogen-bond donors (Lipinski definition) is 2.